The first-order chi connectivity index (χ1) is 7.11. The highest BCUT2D eigenvalue weighted by Gasteiger charge is 2.09. The molecule has 0 aromatic heterocycles. The Kier molecular flexibility index (Phi) is 8.91. The van der Waals surface area contributed by atoms with Crippen molar-refractivity contribution in [3.63, 3.8) is 0 Å². The summed E-state index contributed by atoms with van der Waals surface area (Å²) >= 11 is 1.91. The normalized spacial score (nSPS) is 13.1. The molecule has 0 aliphatic carbocycles. The van der Waals surface area contributed by atoms with Crippen molar-refractivity contribution in [2.24, 2.45) is 5.73 Å². The zero-order valence-corrected chi connectivity index (χ0v) is 11.0. The molecule has 1 unspecified atom stereocenters. The molecule has 0 radical (unpaired) electrons. The van der Waals surface area contributed by atoms with Crippen molar-refractivity contribution in [2.75, 3.05) is 24.6 Å². The second-order valence-corrected chi connectivity index (χ2v) is 4.86. The van der Waals surface area contributed by atoms with Crippen molar-refractivity contribution in [3.8, 4) is 0 Å². The molecule has 2 N–H and O–H groups in total. The molecule has 90 valence electrons. The average Bonchev–Trinajstić information content (AvgIpc) is 2.18. The van der Waals surface area contributed by atoms with Crippen LogP contribution in [0.15, 0.2) is 0 Å². The minimum atomic E-state index is -0.188. The van der Waals surface area contributed by atoms with E-state index < -0.39 is 0 Å². The second kappa shape index (κ2) is 9.04. The number of hydrogen-bond acceptors (Lipinski definition) is 3. The van der Waals surface area contributed by atoms with E-state index in [0.29, 0.717) is 12.5 Å². The Bertz CT molecular complexity index is 172. The SMILES string of the molecule is CCN(CC)C(C)CSCCCC(N)=O. The van der Waals surface area contributed by atoms with Crippen LogP contribution >= 0.6 is 11.8 Å². The lowest BCUT2D eigenvalue weighted by Gasteiger charge is -2.25. The van der Waals surface area contributed by atoms with Gasteiger partial charge in [-0.25, -0.2) is 0 Å². The molecular weight excluding hydrogens is 208 g/mol. The lowest BCUT2D eigenvalue weighted by Crippen LogP contribution is -2.34. The minimum Gasteiger partial charge on any atom is -0.370 e. The Morgan fingerprint density at radius 2 is 2.00 bits per heavy atom. The summed E-state index contributed by atoms with van der Waals surface area (Å²) in [6.07, 6.45) is 1.43. The van der Waals surface area contributed by atoms with Crippen LogP contribution < -0.4 is 5.73 Å². The molecule has 0 rings (SSSR count). The molecule has 0 saturated heterocycles. The fraction of sp³-hybridized carbons (Fsp3) is 0.909. The molecule has 0 saturated carbocycles. The molecule has 1 atom stereocenters. The monoisotopic (exact) mass is 232 g/mol. The van der Waals surface area contributed by atoms with Gasteiger partial charge in [-0.05, 0) is 32.2 Å². The molecule has 0 heterocycles. The van der Waals surface area contributed by atoms with Crippen LogP contribution in [0, 0.1) is 0 Å². The second-order valence-electron chi connectivity index (χ2n) is 3.72. The Morgan fingerprint density at radius 1 is 1.40 bits per heavy atom. The van der Waals surface area contributed by atoms with Crippen LogP contribution in [-0.2, 0) is 4.79 Å². The van der Waals surface area contributed by atoms with E-state index in [1.54, 1.807) is 0 Å². The van der Waals surface area contributed by atoms with Crippen molar-refractivity contribution >= 4 is 17.7 Å². The van der Waals surface area contributed by atoms with Gasteiger partial charge in [-0.2, -0.15) is 11.8 Å². The maximum absolute atomic E-state index is 10.5. The van der Waals surface area contributed by atoms with E-state index in [-0.39, 0.29) is 5.91 Å². The maximum atomic E-state index is 10.5. The largest absolute Gasteiger partial charge is 0.370 e. The zero-order valence-electron chi connectivity index (χ0n) is 10.2. The number of primary amides is 1. The molecule has 4 heteroatoms. The van der Waals surface area contributed by atoms with Crippen LogP contribution in [0.25, 0.3) is 0 Å². The van der Waals surface area contributed by atoms with Gasteiger partial charge >= 0.3 is 0 Å². The third kappa shape index (κ3) is 7.68. The van der Waals surface area contributed by atoms with Crippen LogP contribution in [0.4, 0.5) is 0 Å². The van der Waals surface area contributed by atoms with Crippen LogP contribution in [0.3, 0.4) is 0 Å². The van der Waals surface area contributed by atoms with Gasteiger partial charge in [0.15, 0.2) is 0 Å². The Morgan fingerprint density at radius 3 is 2.47 bits per heavy atom. The number of nitrogens with zero attached hydrogens (tertiary/aromatic N) is 1. The van der Waals surface area contributed by atoms with E-state index >= 15 is 0 Å². The van der Waals surface area contributed by atoms with Crippen LogP contribution in [-0.4, -0.2) is 41.4 Å². The third-order valence-electron chi connectivity index (χ3n) is 2.51. The Hall–Kier alpha value is -0.220. The predicted octanol–water partition coefficient (Wildman–Crippen LogP) is 1.72. The van der Waals surface area contributed by atoms with Gasteiger partial charge < -0.3 is 10.6 Å². The molecule has 0 aromatic rings. The highest BCUT2D eigenvalue weighted by atomic mass is 32.2. The first-order valence-electron chi connectivity index (χ1n) is 5.71. The summed E-state index contributed by atoms with van der Waals surface area (Å²) in [5.74, 6) is 1.99. The van der Waals surface area contributed by atoms with Gasteiger partial charge in [0.25, 0.3) is 0 Å². The summed E-state index contributed by atoms with van der Waals surface area (Å²) in [4.78, 5) is 12.9. The summed E-state index contributed by atoms with van der Waals surface area (Å²) < 4.78 is 0. The van der Waals surface area contributed by atoms with Gasteiger partial charge in [0.1, 0.15) is 0 Å². The topological polar surface area (TPSA) is 46.3 Å². The highest BCUT2D eigenvalue weighted by Crippen LogP contribution is 2.10. The predicted molar refractivity (Wildman–Crippen MR) is 68.1 cm³/mol. The first kappa shape index (κ1) is 14.8. The van der Waals surface area contributed by atoms with Gasteiger partial charge in [-0.3, -0.25) is 4.79 Å². The lowest BCUT2D eigenvalue weighted by molar-refractivity contribution is -0.118. The summed E-state index contributed by atoms with van der Waals surface area (Å²) in [6, 6.07) is 0.624. The number of rotatable bonds is 9. The number of hydrogen-bond donors (Lipinski definition) is 1. The van der Waals surface area contributed by atoms with Crippen molar-refractivity contribution in [1.82, 2.24) is 4.90 Å². The molecule has 0 aliphatic heterocycles. The molecule has 0 spiro atoms. The minimum absolute atomic E-state index is 0.188. The van der Waals surface area contributed by atoms with E-state index in [1.165, 1.54) is 0 Å². The van der Waals surface area contributed by atoms with Gasteiger partial charge in [0, 0.05) is 18.2 Å². The van der Waals surface area contributed by atoms with E-state index in [2.05, 4.69) is 25.7 Å². The quantitative estimate of drug-likeness (QED) is 0.616. The Labute approximate surface area is 97.8 Å². The van der Waals surface area contributed by atoms with Crippen molar-refractivity contribution in [3.05, 3.63) is 0 Å². The average molecular weight is 232 g/mol. The summed E-state index contributed by atoms with van der Waals surface area (Å²) in [5.41, 5.74) is 5.07. The number of carbonyl (C=O) groups is 1. The number of thioether (sulfide) groups is 1. The number of amides is 1. The number of carbonyl (C=O) groups excluding carboxylic acids is 1. The van der Waals surface area contributed by atoms with E-state index in [0.717, 1.165) is 31.0 Å². The van der Waals surface area contributed by atoms with Crippen molar-refractivity contribution in [2.45, 2.75) is 39.7 Å². The molecular formula is C11H24N2OS. The molecule has 0 aliphatic rings. The summed E-state index contributed by atoms with van der Waals surface area (Å²) in [5, 5.41) is 0. The third-order valence-corrected chi connectivity index (χ3v) is 3.80. The molecule has 0 bridgehead atoms. The molecule has 0 aromatic carbocycles. The highest BCUT2D eigenvalue weighted by molar-refractivity contribution is 7.99. The fourth-order valence-corrected chi connectivity index (χ4v) is 2.62. The number of nitrogens with two attached hydrogens (primary N) is 1. The van der Waals surface area contributed by atoms with E-state index in [1.807, 2.05) is 11.8 Å². The van der Waals surface area contributed by atoms with Crippen LogP contribution in [0.1, 0.15) is 33.6 Å². The summed E-state index contributed by atoms with van der Waals surface area (Å²) in [6.45, 7) is 8.86. The lowest BCUT2D eigenvalue weighted by atomic mass is 10.3. The van der Waals surface area contributed by atoms with Gasteiger partial charge in [-0.15, -0.1) is 0 Å². The molecule has 15 heavy (non-hydrogen) atoms. The standard InChI is InChI=1S/C11H24N2OS/c1-4-13(5-2)10(3)9-15-8-6-7-11(12)14/h10H,4-9H2,1-3H3,(H2,12,14). The van der Waals surface area contributed by atoms with Crippen molar-refractivity contribution in [1.29, 1.82) is 0 Å². The summed E-state index contributed by atoms with van der Waals surface area (Å²) in [7, 11) is 0. The zero-order chi connectivity index (χ0) is 11.7. The smallest absolute Gasteiger partial charge is 0.217 e. The maximum Gasteiger partial charge on any atom is 0.217 e. The van der Waals surface area contributed by atoms with E-state index in [9.17, 15) is 4.79 Å². The van der Waals surface area contributed by atoms with Gasteiger partial charge in [0.05, 0.1) is 0 Å². The van der Waals surface area contributed by atoms with Crippen LogP contribution in [0.5, 0.6) is 0 Å². The first-order valence-corrected chi connectivity index (χ1v) is 6.87. The van der Waals surface area contributed by atoms with Crippen molar-refractivity contribution < 1.29 is 4.79 Å². The fourth-order valence-electron chi connectivity index (χ4n) is 1.55. The van der Waals surface area contributed by atoms with Gasteiger partial charge in [-0.1, -0.05) is 13.8 Å². The molecule has 3 nitrogen and oxygen atoms in total. The molecule has 1 amide bonds. The van der Waals surface area contributed by atoms with Crippen LogP contribution in [0.2, 0.25) is 0 Å². The molecule has 0 fully saturated rings. The van der Waals surface area contributed by atoms with E-state index in [4.69, 9.17) is 5.73 Å². The van der Waals surface area contributed by atoms with Gasteiger partial charge in [0.2, 0.25) is 5.91 Å². The Balaban J connectivity index is 3.45.